The summed E-state index contributed by atoms with van der Waals surface area (Å²) in [6.07, 6.45) is 0.911. The largest absolute Gasteiger partial charge is 0.489 e. The molecule has 3 nitrogen and oxygen atoms in total. The maximum atomic E-state index is 11.3. The maximum absolute atomic E-state index is 11.3. The summed E-state index contributed by atoms with van der Waals surface area (Å²) >= 11 is 0. The third-order valence-corrected chi connectivity index (χ3v) is 4.40. The summed E-state index contributed by atoms with van der Waals surface area (Å²) < 4.78 is 8.00. The number of fused-ring (bicyclic) bond motifs is 3. The van der Waals surface area contributed by atoms with Gasteiger partial charge in [-0.15, -0.1) is 0 Å². The molecule has 0 fully saturated rings. The van der Waals surface area contributed by atoms with E-state index in [4.69, 9.17) is 4.74 Å². The lowest BCUT2D eigenvalue weighted by molar-refractivity contribution is 0.112. The van der Waals surface area contributed by atoms with Gasteiger partial charge in [-0.25, -0.2) is 0 Å². The van der Waals surface area contributed by atoms with E-state index in [9.17, 15) is 4.79 Å². The molecule has 3 heteroatoms. The second-order valence-electron chi connectivity index (χ2n) is 5.87. The lowest BCUT2D eigenvalue weighted by Crippen LogP contribution is -1.95. The SMILES string of the molecule is Cn1c2ccc(OCc3ccccc3)cc2c2cccc(C=O)c21. The highest BCUT2D eigenvalue weighted by molar-refractivity contribution is 6.12. The van der Waals surface area contributed by atoms with Gasteiger partial charge in [0.05, 0.1) is 5.52 Å². The van der Waals surface area contributed by atoms with Crippen LogP contribution in [0.1, 0.15) is 15.9 Å². The molecule has 24 heavy (non-hydrogen) atoms. The van der Waals surface area contributed by atoms with Gasteiger partial charge in [0, 0.05) is 28.9 Å². The number of aldehydes is 1. The highest BCUT2D eigenvalue weighted by Crippen LogP contribution is 2.32. The highest BCUT2D eigenvalue weighted by Gasteiger charge is 2.12. The van der Waals surface area contributed by atoms with Crippen molar-refractivity contribution in [1.82, 2.24) is 4.57 Å². The van der Waals surface area contributed by atoms with Crippen LogP contribution in [0.25, 0.3) is 21.8 Å². The van der Waals surface area contributed by atoms with Crippen molar-refractivity contribution in [3.63, 3.8) is 0 Å². The van der Waals surface area contributed by atoms with Gasteiger partial charge in [-0.1, -0.05) is 42.5 Å². The van der Waals surface area contributed by atoms with Gasteiger partial charge >= 0.3 is 0 Å². The minimum absolute atomic E-state index is 0.538. The van der Waals surface area contributed by atoms with E-state index in [1.54, 1.807) is 0 Å². The minimum atomic E-state index is 0.538. The van der Waals surface area contributed by atoms with E-state index in [0.717, 1.165) is 39.4 Å². The molecule has 0 saturated heterocycles. The Bertz CT molecular complexity index is 1030. The first-order chi connectivity index (χ1) is 11.8. The summed E-state index contributed by atoms with van der Waals surface area (Å²) in [6, 6.07) is 22.0. The Balaban J connectivity index is 1.78. The third-order valence-electron chi connectivity index (χ3n) is 4.40. The Morgan fingerprint density at radius 1 is 0.958 bits per heavy atom. The summed E-state index contributed by atoms with van der Waals surface area (Å²) in [4.78, 5) is 11.3. The van der Waals surface area contributed by atoms with Crippen molar-refractivity contribution in [1.29, 1.82) is 0 Å². The zero-order valence-corrected chi connectivity index (χ0v) is 13.4. The summed E-state index contributed by atoms with van der Waals surface area (Å²) in [6.45, 7) is 0.538. The molecule has 1 aromatic heterocycles. The molecule has 0 aliphatic heterocycles. The third kappa shape index (κ3) is 2.35. The Morgan fingerprint density at radius 2 is 1.79 bits per heavy atom. The maximum Gasteiger partial charge on any atom is 0.152 e. The van der Waals surface area contributed by atoms with Crippen LogP contribution in [0.4, 0.5) is 0 Å². The lowest BCUT2D eigenvalue weighted by Gasteiger charge is -2.06. The van der Waals surface area contributed by atoms with Gasteiger partial charge in [0.1, 0.15) is 12.4 Å². The lowest BCUT2D eigenvalue weighted by atomic mass is 10.1. The predicted octanol–water partition coefficient (Wildman–Crippen LogP) is 4.72. The van der Waals surface area contributed by atoms with Crippen molar-refractivity contribution in [3.05, 3.63) is 77.9 Å². The average molecular weight is 315 g/mol. The number of rotatable bonds is 4. The standard InChI is InChI=1S/C21H17NO2/c1-22-20-11-10-17(24-14-15-6-3-2-4-7-15)12-19(20)18-9-5-8-16(13-23)21(18)22/h2-13H,14H2,1H3. The molecule has 4 rings (SSSR count). The van der Waals surface area contributed by atoms with Crippen LogP contribution in [0.3, 0.4) is 0 Å². The minimum Gasteiger partial charge on any atom is -0.489 e. The van der Waals surface area contributed by atoms with Gasteiger partial charge in [0.15, 0.2) is 6.29 Å². The molecule has 0 aliphatic rings. The molecule has 0 spiro atoms. The predicted molar refractivity (Wildman–Crippen MR) is 96.6 cm³/mol. The number of carbonyl (C=O) groups excluding carboxylic acids is 1. The molecule has 0 saturated carbocycles. The number of carbonyl (C=O) groups is 1. The van der Waals surface area contributed by atoms with E-state index in [2.05, 4.69) is 10.6 Å². The number of hydrogen-bond donors (Lipinski definition) is 0. The van der Waals surface area contributed by atoms with Crippen LogP contribution in [0, 0.1) is 0 Å². The fraction of sp³-hybridized carbons (Fsp3) is 0.0952. The molecule has 0 unspecified atom stereocenters. The van der Waals surface area contributed by atoms with E-state index in [0.29, 0.717) is 12.2 Å². The Hall–Kier alpha value is -3.07. The first-order valence-corrected chi connectivity index (χ1v) is 7.91. The van der Waals surface area contributed by atoms with Crippen LogP contribution in [0.5, 0.6) is 5.75 Å². The quantitative estimate of drug-likeness (QED) is 0.510. The van der Waals surface area contributed by atoms with E-state index < -0.39 is 0 Å². The van der Waals surface area contributed by atoms with Crippen LogP contribution in [0.15, 0.2) is 66.7 Å². The second kappa shape index (κ2) is 5.85. The summed E-state index contributed by atoms with van der Waals surface area (Å²) in [5.41, 5.74) is 3.89. The van der Waals surface area contributed by atoms with Crippen molar-refractivity contribution in [2.45, 2.75) is 6.61 Å². The number of ether oxygens (including phenoxy) is 1. The monoisotopic (exact) mass is 315 g/mol. The van der Waals surface area contributed by atoms with Crippen LogP contribution in [-0.2, 0) is 13.7 Å². The van der Waals surface area contributed by atoms with Gasteiger partial charge in [-0.05, 0) is 29.8 Å². The fourth-order valence-corrected chi connectivity index (χ4v) is 3.22. The highest BCUT2D eigenvalue weighted by atomic mass is 16.5. The molecule has 0 aliphatic carbocycles. The van der Waals surface area contributed by atoms with E-state index in [-0.39, 0.29) is 0 Å². The van der Waals surface area contributed by atoms with Crippen LogP contribution >= 0.6 is 0 Å². The van der Waals surface area contributed by atoms with Crippen molar-refractivity contribution < 1.29 is 9.53 Å². The molecular formula is C21H17NO2. The number of aryl methyl sites for hydroxylation is 1. The van der Waals surface area contributed by atoms with Gasteiger partial charge in [-0.3, -0.25) is 4.79 Å². The van der Waals surface area contributed by atoms with E-state index >= 15 is 0 Å². The molecule has 0 atom stereocenters. The summed E-state index contributed by atoms with van der Waals surface area (Å²) in [5, 5.41) is 2.17. The molecule has 0 amide bonds. The van der Waals surface area contributed by atoms with Crippen molar-refractivity contribution >= 4 is 28.1 Å². The first kappa shape index (κ1) is 14.5. The molecule has 1 heterocycles. The summed E-state index contributed by atoms with van der Waals surface area (Å²) in [5.74, 6) is 0.829. The first-order valence-electron chi connectivity index (χ1n) is 7.91. The number of aromatic nitrogens is 1. The van der Waals surface area contributed by atoms with Crippen LogP contribution in [-0.4, -0.2) is 10.9 Å². The summed E-state index contributed by atoms with van der Waals surface area (Å²) in [7, 11) is 1.99. The normalized spacial score (nSPS) is 11.0. The second-order valence-corrected chi connectivity index (χ2v) is 5.87. The number of para-hydroxylation sites is 1. The Labute approximate surface area is 140 Å². The van der Waals surface area contributed by atoms with Gasteiger partial charge in [0.25, 0.3) is 0 Å². The zero-order chi connectivity index (χ0) is 16.5. The molecule has 0 bridgehead atoms. The molecule has 118 valence electrons. The van der Waals surface area contributed by atoms with E-state index in [1.165, 1.54) is 0 Å². The molecule has 3 aromatic carbocycles. The van der Waals surface area contributed by atoms with E-state index in [1.807, 2.05) is 67.7 Å². The fourth-order valence-electron chi connectivity index (χ4n) is 3.22. The van der Waals surface area contributed by atoms with Gasteiger partial charge in [0.2, 0.25) is 0 Å². The molecule has 0 radical (unpaired) electrons. The number of nitrogens with zero attached hydrogens (tertiary/aromatic N) is 1. The van der Waals surface area contributed by atoms with Gasteiger partial charge < -0.3 is 9.30 Å². The molecular weight excluding hydrogens is 298 g/mol. The van der Waals surface area contributed by atoms with Crippen molar-refractivity contribution in [2.75, 3.05) is 0 Å². The van der Waals surface area contributed by atoms with Crippen molar-refractivity contribution in [2.24, 2.45) is 7.05 Å². The molecule has 0 N–H and O–H groups in total. The van der Waals surface area contributed by atoms with Crippen LogP contribution in [0.2, 0.25) is 0 Å². The average Bonchev–Trinajstić information content (AvgIpc) is 2.93. The Kier molecular flexibility index (Phi) is 3.54. The van der Waals surface area contributed by atoms with Crippen LogP contribution < -0.4 is 4.74 Å². The van der Waals surface area contributed by atoms with Gasteiger partial charge in [-0.2, -0.15) is 0 Å². The molecule has 4 aromatic rings. The topological polar surface area (TPSA) is 31.2 Å². The Morgan fingerprint density at radius 3 is 2.58 bits per heavy atom. The number of benzene rings is 3. The zero-order valence-electron chi connectivity index (χ0n) is 13.4. The number of hydrogen-bond acceptors (Lipinski definition) is 2. The smallest absolute Gasteiger partial charge is 0.152 e. The van der Waals surface area contributed by atoms with Crippen molar-refractivity contribution in [3.8, 4) is 5.75 Å².